The summed E-state index contributed by atoms with van der Waals surface area (Å²) < 4.78 is 0. The lowest BCUT2D eigenvalue weighted by Gasteiger charge is -2.45. The number of carbonyl (C=O) groups excluding carboxylic acids is 3. The Balaban J connectivity index is 1.25. The molecule has 7 heteroatoms. The number of aromatic carboxylic acids is 1. The van der Waals surface area contributed by atoms with E-state index in [0.717, 1.165) is 27.8 Å². The van der Waals surface area contributed by atoms with Gasteiger partial charge in [0, 0.05) is 17.4 Å². The van der Waals surface area contributed by atoms with Gasteiger partial charge in [0.2, 0.25) is 11.8 Å². The quantitative estimate of drug-likeness (QED) is 0.348. The Hall–Kier alpha value is -5.04. The standard InChI is InChI=1S/C33H24N2O5/c1-17-13-14-24(33(39)40)25(15-17)34-30(36)18-7-6-8-19(16-18)35-31(37)28-26-20-9-2-3-10-21(20)27(29(28)32(35)38)23-12-5-4-11-22(23)26/h2-16,26-29H,1H3,(H,34,36)(H,39,40)/t26?,27?,28-,29+. The van der Waals surface area contributed by atoms with Gasteiger partial charge in [-0.1, -0.05) is 60.7 Å². The van der Waals surface area contributed by atoms with Crippen LogP contribution in [-0.2, 0) is 9.59 Å². The number of amides is 3. The third-order valence-corrected chi connectivity index (χ3v) is 8.47. The summed E-state index contributed by atoms with van der Waals surface area (Å²) in [5, 5.41) is 12.2. The molecule has 4 aromatic carbocycles. The van der Waals surface area contributed by atoms with Crippen LogP contribution in [-0.4, -0.2) is 28.8 Å². The van der Waals surface area contributed by atoms with Crippen molar-refractivity contribution in [3.8, 4) is 0 Å². The van der Waals surface area contributed by atoms with E-state index in [1.165, 1.54) is 17.0 Å². The van der Waals surface area contributed by atoms with Gasteiger partial charge in [0.1, 0.15) is 0 Å². The monoisotopic (exact) mass is 528 g/mol. The Kier molecular flexibility index (Phi) is 5.25. The highest BCUT2D eigenvalue weighted by Gasteiger charge is 2.61. The molecule has 0 spiro atoms. The first-order valence-electron chi connectivity index (χ1n) is 13.2. The van der Waals surface area contributed by atoms with E-state index in [1.807, 2.05) is 24.3 Å². The molecule has 2 atom stereocenters. The van der Waals surface area contributed by atoms with Gasteiger partial charge in [-0.25, -0.2) is 9.69 Å². The Morgan fingerprint density at radius 2 is 1.27 bits per heavy atom. The van der Waals surface area contributed by atoms with Crippen molar-refractivity contribution in [2.24, 2.45) is 11.8 Å². The van der Waals surface area contributed by atoms with Crippen molar-refractivity contribution in [2.45, 2.75) is 18.8 Å². The predicted octanol–water partition coefficient (Wildman–Crippen LogP) is 5.34. The molecule has 1 heterocycles. The van der Waals surface area contributed by atoms with Crippen molar-refractivity contribution in [1.29, 1.82) is 0 Å². The van der Waals surface area contributed by atoms with E-state index in [1.54, 1.807) is 37.3 Å². The van der Waals surface area contributed by atoms with E-state index in [-0.39, 0.29) is 40.5 Å². The summed E-state index contributed by atoms with van der Waals surface area (Å²) in [4.78, 5) is 54.2. The Morgan fingerprint density at radius 1 is 0.725 bits per heavy atom. The zero-order chi connectivity index (χ0) is 27.7. The fraction of sp³-hybridized carbons (Fsp3) is 0.152. The van der Waals surface area contributed by atoms with Gasteiger partial charge >= 0.3 is 5.97 Å². The molecule has 8 rings (SSSR count). The maximum absolute atomic E-state index is 14.0. The first-order valence-corrected chi connectivity index (χ1v) is 13.2. The average Bonchev–Trinajstić information content (AvgIpc) is 3.23. The van der Waals surface area contributed by atoms with Crippen molar-refractivity contribution in [2.75, 3.05) is 10.2 Å². The molecule has 3 aliphatic carbocycles. The predicted molar refractivity (Wildman–Crippen MR) is 149 cm³/mol. The van der Waals surface area contributed by atoms with Crippen LogP contribution in [0.5, 0.6) is 0 Å². The minimum Gasteiger partial charge on any atom is -0.478 e. The molecular weight excluding hydrogens is 504 g/mol. The maximum atomic E-state index is 14.0. The van der Waals surface area contributed by atoms with Crippen molar-refractivity contribution >= 4 is 35.1 Å². The molecule has 0 radical (unpaired) electrons. The summed E-state index contributed by atoms with van der Waals surface area (Å²) in [6, 6.07) is 27.2. The highest BCUT2D eigenvalue weighted by atomic mass is 16.4. The number of aryl methyl sites for hydroxylation is 1. The zero-order valence-electron chi connectivity index (χ0n) is 21.5. The molecule has 1 saturated heterocycles. The van der Waals surface area contributed by atoms with Gasteiger partial charge in [-0.05, 0) is 65.1 Å². The van der Waals surface area contributed by atoms with E-state index < -0.39 is 23.7 Å². The molecule has 196 valence electrons. The Labute approximate surface area is 230 Å². The van der Waals surface area contributed by atoms with Crippen molar-refractivity contribution < 1.29 is 24.3 Å². The number of benzene rings is 4. The number of rotatable bonds is 4. The smallest absolute Gasteiger partial charge is 0.337 e. The summed E-state index contributed by atoms with van der Waals surface area (Å²) in [7, 11) is 0. The number of hydrogen-bond donors (Lipinski definition) is 2. The number of imide groups is 1. The lowest BCUT2D eigenvalue weighted by molar-refractivity contribution is -0.122. The largest absolute Gasteiger partial charge is 0.478 e. The number of anilines is 2. The normalized spacial score (nSPS) is 22.0. The van der Waals surface area contributed by atoms with Crippen LogP contribution in [0.2, 0.25) is 0 Å². The van der Waals surface area contributed by atoms with Gasteiger partial charge in [0.25, 0.3) is 5.91 Å². The van der Waals surface area contributed by atoms with Gasteiger partial charge in [-0.3, -0.25) is 14.4 Å². The molecule has 1 fully saturated rings. The molecule has 0 unspecified atom stereocenters. The number of nitrogens with zero attached hydrogens (tertiary/aromatic N) is 1. The van der Waals surface area contributed by atoms with Gasteiger partial charge in [0.15, 0.2) is 0 Å². The molecule has 1 aliphatic heterocycles. The minimum absolute atomic E-state index is 0.0290. The van der Waals surface area contributed by atoms with E-state index in [9.17, 15) is 24.3 Å². The van der Waals surface area contributed by atoms with Crippen LogP contribution in [0.15, 0.2) is 91.0 Å². The number of carbonyl (C=O) groups is 4. The Morgan fingerprint density at radius 3 is 1.80 bits per heavy atom. The lowest BCUT2D eigenvalue weighted by atomic mass is 9.55. The van der Waals surface area contributed by atoms with E-state index in [2.05, 4.69) is 29.6 Å². The van der Waals surface area contributed by atoms with Crippen LogP contribution in [0.1, 0.15) is 60.4 Å². The molecule has 7 nitrogen and oxygen atoms in total. The lowest BCUT2D eigenvalue weighted by Crippen LogP contribution is -2.41. The maximum Gasteiger partial charge on any atom is 0.337 e. The van der Waals surface area contributed by atoms with Crippen LogP contribution in [0.25, 0.3) is 0 Å². The van der Waals surface area contributed by atoms with Gasteiger partial charge in [-0.2, -0.15) is 0 Å². The van der Waals surface area contributed by atoms with Crippen molar-refractivity contribution in [3.63, 3.8) is 0 Å². The van der Waals surface area contributed by atoms with Crippen LogP contribution in [0, 0.1) is 18.8 Å². The average molecular weight is 529 g/mol. The van der Waals surface area contributed by atoms with Crippen LogP contribution >= 0.6 is 0 Å². The van der Waals surface area contributed by atoms with Crippen molar-refractivity contribution in [1.82, 2.24) is 0 Å². The molecule has 2 bridgehead atoms. The number of hydrogen-bond acceptors (Lipinski definition) is 4. The van der Waals surface area contributed by atoms with Gasteiger partial charge in [-0.15, -0.1) is 0 Å². The topological polar surface area (TPSA) is 104 Å². The third-order valence-electron chi connectivity index (χ3n) is 8.47. The van der Waals surface area contributed by atoms with Gasteiger partial charge in [0.05, 0.1) is 28.8 Å². The zero-order valence-corrected chi connectivity index (χ0v) is 21.5. The number of carboxylic acids is 1. The molecule has 3 amide bonds. The highest BCUT2D eigenvalue weighted by Crippen LogP contribution is 2.61. The fourth-order valence-corrected chi connectivity index (χ4v) is 6.86. The number of carboxylic acid groups (broad SMARTS) is 1. The first-order chi connectivity index (χ1) is 19.3. The molecule has 0 saturated carbocycles. The molecule has 40 heavy (non-hydrogen) atoms. The molecule has 0 aromatic heterocycles. The summed E-state index contributed by atoms with van der Waals surface area (Å²) in [5.41, 5.74) is 5.85. The minimum atomic E-state index is -1.16. The molecule has 4 aromatic rings. The fourth-order valence-electron chi connectivity index (χ4n) is 6.86. The first kappa shape index (κ1) is 24.0. The summed E-state index contributed by atoms with van der Waals surface area (Å²) in [6.07, 6.45) is 0. The van der Waals surface area contributed by atoms with Crippen LogP contribution in [0.3, 0.4) is 0 Å². The Bertz CT molecular complexity index is 1660. The highest BCUT2D eigenvalue weighted by molar-refractivity contribution is 6.24. The van der Waals surface area contributed by atoms with Crippen LogP contribution in [0.4, 0.5) is 11.4 Å². The SMILES string of the molecule is Cc1ccc(C(=O)O)c(NC(=O)c2cccc(N3C(=O)[C@@H]4C5c6ccccc6C(c6ccccc65)[C@@H]4C3=O)c2)c1. The second kappa shape index (κ2) is 8.74. The molecular formula is C33H24N2O5. The molecule has 4 aliphatic rings. The second-order valence-electron chi connectivity index (χ2n) is 10.6. The van der Waals surface area contributed by atoms with E-state index in [4.69, 9.17) is 0 Å². The van der Waals surface area contributed by atoms with Crippen LogP contribution < -0.4 is 10.2 Å². The van der Waals surface area contributed by atoms with Crippen molar-refractivity contribution in [3.05, 3.63) is 130 Å². The number of nitrogens with one attached hydrogen (secondary N) is 1. The summed E-state index contributed by atoms with van der Waals surface area (Å²) >= 11 is 0. The van der Waals surface area contributed by atoms with Gasteiger partial charge < -0.3 is 10.4 Å². The third kappa shape index (κ3) is 3.37. The second-order valence-corrected chi connectivity index (χ2v) is 10.6. The van der Waals surface area contributed by atoms with E-state index >= 15 is 0 Å². The summed E-state index contributed by atoms with van der Waals surface area (Å²) in [5.74, 6) is -3.70. The molecule has 2 N–H and O–H groups in total. The van der Waals surface area contributed by atoms with E-state index in [0.29, 0.717) is 5.69 Å². The summed E-state index contributed by atoms with van der Waals surface area (Å²) in [6.45, 7) is 1.80.